The molecule has 124 valence electrons. The molecule has 0 bridgehead atoms. The number of carbonyl (C=O) groups is 1. The molecule has 0 aromatic carbocycles. The molecule has 2 aromatic rings. The summed E-state index contributed by atoms with van der Waals surface area (Å²) in [5.41, 5.74) is 2.79. The van der Waals surface area contributed by atoms with E-state index in [-0.39, 0.29) is 12.0 Å². The first-order valence-electron chi connectivity index (χ1n) is 7.82. The fourth-order valence-electron chi connectivity index (χ4n) is 2.96. The highest BCUT2D eigenvalue weighted by Crippen LogP contribution is 2.21. The van der Waals surface area contributed by atoms with Crippen LogP contribution < -0.4 is 4.74 Å². The van der Waals surface area contributed by atoms with E-state index in [0.29, 0.717) is 30.1 Å². The lowest BCUT2D eigenvalue weighted by Crippen LogP contribution is -2.31. The Morgan fingerprint density at radius 3 is 2.92 bits per heavy atom. The Bertz CT molecular complexity index is 821. The Hall–Kier alpha value is -2.88. The number of rotatable bonds is 3. The molecule has 1 fully saturated rings. The zero-order chi connectivity index (χ0) is 17.3. The first-order valence-corrected chi connectivity index (χ1v) is 7.82. The van der Waals surface area contributed by atoms with Gasteiger partial charge >= 0.3 is 0 Å². The van der Waals surface area contributed by atoms with Crippen molar-refractivity contribution in [2.75, 3.05) is 13.1 Å². The summed E-state index contributed by atoms with van der Waals surface area (Å²) >= 11 is 0. The minimum atomic E-state index is -0.118. The van der Waals surface area contributed by atoms with Crippen LogP contribution in [0.15, 0.2) is 18.3 Å². The van der Waals surface area contributed by atoms with E-state index in [1.165, 1.54) is 0 Å². The molecule has 1 amide bonds. The van der Waals surface area contributed by atoms with Crippen LogP contribution in [0.3, 0.4) is 0 Å². The van der Waals surface area contributed by atoms with E-state index >= 15 is 0 Å². The maximum atomic E-state index is 12.8. The average molecular weight is 325 g/mol. The molecule has 0 radical (unpaired) electrons. The highest BCUT2D eigenvalue weighted by atomic mass is 16.5. The number of aryl methyl sites for hydroxylation is 2. The van der Waals surface area contributed by atoms with Gasteiger partial charge in [0.1, 0.15) is 6.10 Å². The Morgan fingerprint density at radius 2 is 2.25 bits per heavy atom. The van der Waals surface area contributed by atoms with Crippen molar-refractivity contribution in [2.45, 2.75) is 26.4 Å². The molecule has 7 nitrogen and oxygen atoms in total. The number of nitriles is 1. The molecule has 1 unspecified atom stereocenters. The summed E-state index contributed by atoms with van der Waals surface area (Å²) in [4.78, 5) is 18.7. The van der Waals surface area contributed by atoms with Gasteiger partial charge in [0, 0.05) is 38.0 Å². The minimum absolute atomic E-state index is 0.0112. The fraction of sp³-hybridized carbons (Fsp3) is 0.412. The van der Waals surface area contributed by atoms with E-state index < -0.39 is 0 Å². The normalized spacial score (nSPS) is 16.9. The van der Waals surface area contributed by atoms with E-state index in [1.807, 2.05) is 20.9 Å². The monoisotopic (exact) mass is 325 g/mol. The number of ether oxygens (including phenoxy) is 1. The van der Waals surface area contributed by atoms with Gasteiger partial charge in [-0.2, -0.15) is 10.4 Å². The lowest BCUT2D eigenvalue weighted by atomic mass is 10.2. The van der Waals surface area contributed by atoms with Gasteiger partial charge in [0.25, 0.3) is 5.91 Å². The lowest BCUT2D eigenvalue weighted by Gasteiger charge is -2.17. The van der Waals surface area contributed by atoms with Crippen LogP contribution in [0.2, 0.25) is 0 Å². The summed E-state index contributed by atoms with van der Waals surface area (Å²) in [6, 6.07) is 5.30. The van der Waals surface area contributed by atoms with Gasteiger partial charge in [0.05, 0.1) is 29.4 Å². The largest absolute Gasteiger partial charge is 0.472 e. The zero-order valence-electron chi connectivity index (χ0n) is 14.0. The van der Waals surface area contributed by atoms with Crippen molar-refractivity contribution < 1.29 is 9.53 Å². The van der Waals surface area contributed by atoms with Crippen molar-refractivity contribution in [3.05, 3.63) is 40.8 Å². The number of likely N-dealkylation sites (tertiary alicyclic amines) is 1. The third kappa shape index (κ3) is 2.95. The second-order valence-electron chi connectivity index (χ2n) is 5.94. The van der Waals surface area contributed by atoms with Gasteiger partial charge in [-0.15, -0.1) is 0 Å². The van der Waals surface area contributed by atoms with Crippen molar-refractivity contribution in [1.82, 2.24) is 19.7 Å². The zero-order valence-corrected chi connectivity index (χ0v) is 14.0. The van der Waals surface area contributed by atoms with Crippen LogP contribution in [0.4, 0.5) is 0 Å². The SMILES string of the molecule is Cc1nn(C)c(C)c1C(=O)N1CCC(Oc2cc(C#N)ccn2)C1. The van der Waals surface area contributed by atoms with Crippen LogP contribution in [0.1, 0.15) is 33.7 Å². The molecule has 1 aliphatic heterocycles. The van der Waals surface area contributed by atoms with E-state index in [9.17, 15) is 4.79 Å². The number of hydrogen-bond acceptors (Lipinski definition) is 5. The third-order valence-corrected chi connectivity index (χ3v) is 4.31. The van der Waals surface area contributed by atoms with Gasteiger partial charge < -0.3 is 9.64 Å². The second-order valence-corrected chi connectivity index (χ2v) is 5.94. The number of carbonyl (C=O) groups excluding carboxylic acids is 1. The predicted octanol–water partition coefficient (Wildman–Crippen LogP) is 1.60. The van der Waals surface area contributed by atoms with Crippen LogP contribution in [0.25, 0.3) is 0 Å². The minimum Gasteiger partial charge on any atom is -0.472 e. The molecule has 1 atom stereocenters. The summed E-state index contributed by atoms with van der Waals surface area (Å²) in [6.07, 6.45) is 2.17. The predicted molar refractivity (Wildman–Crippen MR) is 86.6 cm³/mol. The van der Waals surface area contributed by atoms with E-state index in [2.05, 4.69) is 16.2 Å². The number of nitrogens with zero attached hydrogens (tertiary/aromatic N) is 5. The van der Waals surface area contributed by atoms with E-state index in [0.717, 1.165) is 17.8 Å². The van der Waals surface area contributed by atoms with Crippen LogP contribution in [-0.4, -0.2) is 44.8 Å². The van der Waals surface area contributed by atoms with Crippen molar-refractivity contribution in [3.63, 3.8) is 0 Å². The van der Waals surface area contributed by atoms with Crippen LogP contribution in [0, 0.1) is 25.2 Å². The van der Waals surface area contributed by atoms with Gasteiger partial charge in [-0.1, -0.05) is 0 Å². The molecule has 2 aromatic heterocycles. The first kappa shape index (κ1) is 16.0. The maximum absolute atomic E-state index is 12.8. The Labute approximate surface area is 140 Å². The molecule has 0 spiro atoms. The number of hydrogen-bond donors (Lipinski definition) is 0. The van der Waals surface area contributed by atoms with Gasteiger partial charge in [-0.05, 0) is 19.9 Å². The molecule has 7 heteroatoms. The fourth-order valence-corrected chi connectivity index (χ4v) is 2.96. The second kappa shape index (κ2) is 6.32. The summed E-state index contributed by atoms with van der Waals surface area (Å²) < 4.78 is 7.55. The highest BCUT2D eigenvalue weighted by molar-refractivity contribution is 5.96. The Kier molecular flexibility index (Phi) is 4.21. The van der Waals surface area contributed by atoms with Crippen molar-refractivity contribution >= 4 is 5.91 Å². The van der Waals surface area contributed by atoms with Gasteiger partial charge in [0.15, 0.2) is 0 Å². The van der Waals surface area contributed by atoms with Crippen molar-refractivity contribution in [2.24, 2.45) is 7.05 Å². The molecule has 24 heavy (non-hydrogen) atoms. The van der Waals surface area contributed by atoms with Crippen LogP contribution in [-0.2, 0) is 7.05 Å². The molecule has 0 saturated carbocycles. The molecular weight excluding hydrogens is 306 g/mol. The van der Waals surface area contributed by atoms with Crippen molar-refractivity contribution in [1.29, 1.82) is 5.26 Å². The standard InChI is InChI=1S/C17H19N5O2/c1-11-16(12(2)21(3)20-11)17(23)22-7-5-14(10-22)24-15-8-13(9-18)4-6-19-15/h4,6,8,14H,5,7,10H2,1-3H3. The highest BCUT2D eigenvalue weighted by Gasteiger charge is 2.31. The molecule has 0 N–H and O–H groups in total. The Morgan fingerprint density at radius 1 is 1.46 bits per heavy atom. The summed E-state index contributed by atoms with van der Waals surface area (Å²) in [6.45, 7) is 4.89. The quantitative estimate of drug-likeness (QED) is 0.856. The Balaban J connectivity index is 1.69. The molecule has 3 heterocycles. The number of aromatic nitrogens is 3. The third-order valence-electron chi connectivity index (χ3n) is 4.31. The topological polar surface area (TPSA) is 84.0 Å². The molecule has 3 rings (SSSR count). The first-order chi connectivity index (χ1) is 11.5. The average Bonchev–Trinajstić information content (AvgIpc) is 3.12. The summed E-state index contributed by atoms with van der Waals surface area (Å²) in [7, 11) is 1.84. The van der Waals surface area contributed by atoms with Crippen molar-refractivity contribution in [3.8, 4) is 11.9 Å². The summed E-state index contributed by atoms with van der Waals surface area (Å²) in [5, 5.41) is 13.2. The summed E-state index contributed by atoms with van der Waals surface area (Å²) in [5.74, 6) is 0.407. The van der Waals surface area contributed by atoms with E-state index in [1.54, 1.807) is 27.9 Å². The number of pyridine rings is 1. The van der Waals surface area contributed by atoms with Gasteiger partial charge in [0.2, 0.25) is 5.88 Å². The van der Waals surface area contributed by atoms with Crippen LogP contribution >= 0.6 is 0 Å². The van der Waals surface area contributed by atoms with Gasteiger partial charge in [-0.3, -0.25) is 9.48 Å². The molecule has 1 aliphatic rings. The van der Waals surface area contributed by atoms with Gasteiger partial charge in [-0.25, -0.2) is 4.98 Å². The van der Waals surface area contributed by atoms with E-state index in [4.69, 9.17) is 10.00 Å². The molecule has 1 saturated heterocycles. The smallest absolute Gasteiger partial charge is 0.257 e. The molecule has 0 aliphatic carbocycles. The number of amides is 1. The maximum Gasteiger partial charge on any atom is 0.257 e. The van der Waals surface area contributed by atoms with Crippen LogP contribution in [0.5, 0.6) is 5.88 Å². The lowest BCUT2D eigenvalue weighted by molar-refractivity contribution is 0.0769. The molecular formula is C17H19N5O2.